The van der Waals surface area contributed by atoms with Crippen LogP contribution in [0.2, 0.25) is 0 Å². The van der Waals surface area contributed by atoms with Gasteiger partial charge in [0.25, 0.3) is 11.8 Å². The van der Waals surface area contributed by atoms with E-state index in [-0.39, 0.29) is 10.2 Å². The molecule has 0 spiro atoms. The van der Waals surface area contributed by atoms with Crippen molar-refractivity contribution >= 4 is 62.1 Å². The first kappa shape index (κ1) is 17.1. The lowest BCUT2D eigenvalue weighted by molar-refractivity contribution is -0.120. The fraction of sp³-hybridized carbons (Fsp3) is 0.0556. The molecule has 0 unspecified atom stereocenters. The highest BCUT2D eigenvalue weighted by Crippen LogP contribution is 2.33. The molecular formula is C18H12BrNO2S2. The van der Waals surface area contributed by atoms with E-state index >= 15 is 0 Å². The van der Waals surface area contributed by atoms with Gasteiger partial charge in [-0.2, -0.15) is 0 Å². The molecule has 0 atom stereocenters. The van der Waals surface area contributed by atoms with Crippen molar-refractivity contribution in [3.8, 4) is 0 Å². The van der Waals surface area contributed by atoms with Gasteiger partial charge in [0, 0.05) is 10.0 Å². The largest absolute Gasteiger partial charge is 0.273 e. The standard InChI is InChI=1S/C18H12BrNO2S2/c1-11-2-6-13(7-3-11)16(21)20-17(22)15(24-18(20)23)10-12-4-8-14(19)9-5-12/h2-10H,1H3/b15-10+. The number of amides is 2. The van der Waals surface area contributed by atoms with Gasteiger partial charge in [-0.05, 0) is 42.8 Å². The van der Waals surface area contributed by atoms with Crippen molar-refractivity contribution in [3.05, 3.63) is 74.6 Å². The molecule has 0 aliphatic carbocycles. The number of carbonyl (C=O) groups excluding carboxylic acids is 2. The number of benzene rings is 2. The van der Waals surface area contributed by atoms with Crippen LogP contribution < -0.4 is 0 Å². The number of rotatable bonds is 2. The molecule has 120 valence electrons. The van der Waals surface area contributed by atoms with Crippen molar-refractivity contribution in [1.82, 2.24) is 4.90 Å². The molecule has 6 heteroatoms. The Kier molecular flexibility index (Phi) is 4.99. The molecule has 1 saturated heterocycles. The maximum atomic E-state index is 12.6. The fourth-order valence-corrected chi connectivity index (χ4v) is 3.70. The summed E-state index contributed by atoms with van der Waals surface area (Å²) in [4.78, 5) is 26.7. The second-order valence-electron chi connectivity index (χ2n) is 5.24. The van der Waals surface area contributed by atoms with Gasteiger partial charge >= 0.3 is 0 Å². The van der Waals surface area contributed by atoms with Crippen LogP contribution in [0.1, 0.15) is 21.5 Å². The van der Waals surface area contributed by atoms with E-state index in [0.29, 0.717) is 10.5 Å². The van der Waals surface area contributed by atoms with E-state index < -0.39 is 5.91 Å². The average Bonchev–Trinajstić information content (AvgIpc) is 2.83. The first-order valence-corrected chi connectivity index (χ1v) is 9.12. The van der Waals surface area contributed by atoms with Crippen LogP contribution in [0, 0.1) is 6.92 Å². The van der Waals surface area contributed by atoms with Gasteiger partial charge in [0.2, 0.25) is 0 Å². The van der Waals surface area contributed by atoms with E-state index in [1.165, 1.54) is 0 Å². The lowest BCUT2D eigenvalue weighted by Gasteiger charge is -2.12. The zero-order valence-electron chi connectivity index (χ0n) is 12.7. The topological polar surface area (TPSA) is 37.4 Å². The third-order valence-electron chi connectivity index (χ3n) is 3.46. The Morgan fingerprint density at radius 1 is 1.12 bits per heavy atom. The van der Waals surface area contributed by atoms with Gasteiger partial charge < -0.3 is 0 Å². The van der Waals surface area contributed by atoms with E-state index in [2.05, 4.69) is 15.9 Å². The fourth-order valence-electron chi connectivity index (χ4n) is 2.18. The number of thiocarbonyl (C=S) groups is 1. The highest BCUT2D eigenvalue weighted by Gasteiger charge is 2.37. The van der Waals surface area contributed by atoms with E-state index in [9.17, 15) is 9.59 Å². The predicted molar refractivity (Wildman–Crippen MR) is 105 cm³/mol. The van der Waals surface area contributed by atoms with Gasteiger partial charge in [-0.3, -0.25) is 9.59 Å². The van der Waals surface area contributed by atoms with E-state index in [4.69, 9.17) is 12.2 Å². The minimum atomic E-state index is -0.392. The van der Waals surface area contributed by atoms with Crippen molar-refractivity contribution in [3.63, 3.8) is 0 Å². The van der Waals surface area contributed by atoms with Gasteiger partial charge in [-0.1, -0.05) is 69.7 Å². The second-order valence-corrected chi connectivity index (χ2v) is 7.83. The number of aryl methyl sites for hydroxylation is 1. The normalized spacial score (nSPS) is 16.1. The average molecular weight is 418 g/mol. The summed E-state index contributed by atoms with van der Waals surface area (Å²) >= 11 is 9.75. The van der Waals surface area contributed by atoms with Gasteiger partial charge in [-0.15, -0.1) is 0 Å². The number of thioether (sulfide) groups is 1. The smallest absolute Gasteiger partial charge is 0.268 e. The summed E-state index contributed by atoms with van der Waals surface area (Å²) in [6.07, 6.45) is 1.74. The molecule has 0 N–H and O–H groups in total. The van der Waals surface area contributed by atoms with Crippen LogP contribution >= 0.6 is 39.9 Å². The number of nitrogens with zero attached hydrogens (tertiary/aromatic N) is 1. The van der Waals surface area contributed by atoms with Gasteiger partial charge in [0.1, 0.15) is 0 Å². The molecular weight excluding hydrogens is 406 g/mol. The van der Waals surface area contributed by atoms with Crippen molar-refractivity contribution in [2.75, 3.05) is 0 Å². The molecule has 0 bridgehead atoms. The van der Waals surface area contributed by atoms with Crippen molar-refractivity contribution in [1.29, 1.82) is 0 Å². The van der Waals surface area contributed by atoms with Crippen molar-refractivity contribution in [2.24, 2.45) is 0 Å². The molecule has 1 aliphatic heterocycles. The molecule has 2 aromatic rings. The number of halogens is 1. The number of hydrogen-bond acceptors (Lipinski definition) is 4. The summed E-state index contributed by atoms with van der Waals surface area (Å²) < 4.78 is 1.22. The highest BCUT2D eigenvalue weighted by atomic mass is 79.9. The maximum absolute atomic E-state index is 12.6. The molecule has 3 rings (SSSR count). The van der Waals surface area contributed by atoms with Crippen molar-refractivity contribution < 1.29 is 9.59 Å². The number of imide groups is 1. The molecule has 1 fully saturated rings. The Hall–Kier alpha value is -1.76. The Bertz CT molecular complexity index is 858. The predicted octanol–water partition coefficient (Wildman–Crippen LogP) is 4.80. The van der Waals surface area contributed by atoms with Crippen LogP contribution in [0.15, 0.2) is 57.9 Å². The highest BCUT2D eigenvalue weighted by molar-refractivity contribution is 9.10. The van der Waals surface area contributed by atoms with Gasteiger partial charge in [0.05, 0.1) is 4.91 Å². The molecule has 0 saturated carbocycles. The lowest BCUT2D eigenvalue weighted by atomic mass is 10.1. The monoisotopic (exact) mass is 417 g/mol. The second kappa shape index (κ2) is 7.01. The minimum absolute atomic E-state index is 0.258. The molecule has 1 aliphatic rings. The Morgan fingerprint density at radius 2 is 1.75 bits per heavy atom. The molecule has 1 heterocycles. The molecule has 3 nitrogen and oxygen atoms in total. The first-order chi connectivity index (χ1) is 11.5. The van der Waals surface area contributed by atoms with E-state index in [1.54, 1.807) is 18.2 Å². The van der Waals surface area contributed by atoms with E-state index in [1.807, 2.05) is 43.3 Å². The summed E-state index contributed by atoms with van der Waals surface area (Å²) in [5.74, 6) is -0.768. The van der Waals surface area contributed by atoms with E-state index in [0.717, 1.165) is 32.3 Å². The summed E-state index contributed by atoms with van der Waals surface area (Å²) in [5, 5.41) is 0. The summed E-state index contributed by atoms with van der Waals surface area (Å²) in [7, 11) is 0. The Morgan fingerprint density at radius 3 is 2.38 bits per heavy atom. The molecule has 2 amide bonds. The molecule has 0 radical (unpaired) electrons. The maximum Gasteiger partial charge on any atom is 0.273 e. The molecule has 24 heavy (non-hydrogen) atoms. The Balaban J connectivity index is 1.87. The van der Waals surface area contributed by atoms with Crippen molar-refractivity contribution in [2.45, 2.75) is 6.92 Å². The SMILES string of the molecule is Cc1ccc(C(=O)N2C(=O)/C(=C\c3ccc(Br)cc3)SC2=S)cc1. The zero-order chi connectivity index (χ0) is 17.3. The summed E-state index contributed by atoms with van der Waals surface area (Å²) in [6.45, 7) is 1.94. The molecule has 0 aromatic heterocycles. The third-order valence-corrected chi connectivity index (χ3v) is 5.29. The van der Waals surface area contributed by atoms with Crippen LogP contribution in [0.5, 0.6) is 0 Å². The van der Waals surface area contributed by atoms with Gasteiger partial charge in [-0.25, -0.2) is 4.90 Å². The van der Waals surface area contributed by atoms with Crippen LogP contribution in [-0.4, -0.2) is 21.0 Å². The van der Waals surface area contributed by atoms with Crippen LogP contribution in [0.25, 0.3) is 6.08 Å². The third kappa shape index (κ3) is 3.50. The summed E-state index contributed by atoms with van der Waals surface area (Å²) in [5.41, 5.74) is 2.37. The van der Waals surface area contributed by atoms with Crippen LogP contribution in [-0.2, 0) is 4.79 Å². The van der Waals surface area contributed by atoms with Crippen LogP contribution in [0.4, 0.5) is 0 Å². The van der Waals surface area contributed by atoms with Gasteiger partial charge in [0.15, 0.2) is 4.32 Å². The summed E-state index contributed by atoms with van der Waals surface area (Å²) in [6, 6.07) is 14.6. The number of carbonyl (C=O) groups is 2. The quantitative estimate of drug-likeness (QED) is 0.399. The minimum Gasteiger partial charge on any atom is -0.268 e. The van der Waals surface area contributed by atoms with Crippen LogP contribution in [0.3, 0.4) is 0 Å². The zero-order valence-corrected chi connectivity index (χ0v) is 15.9. The first-order valence-electron chi connectivity index (χ1n) is 7.10. The molecule has 2 aromatic carbocycles. The Labute approximate surface area is 157 Å². The lowest BCUT2D eigenvalue weighted by Crippen LogP contribution is -2.34. The number of hydrogen-bond donors (Lipinski definition) is 0.